The second-order valence-electron chi connectivity index (χ2n) is 8.09. The Kier molecular flexibility index (Phi) is 2.99. The molecule has 4 aliphatic carbocycles. The zero-order valence-electron chi connectivity index (χ0n) is 12.8. The number of nitrogens with zero attached hydrogens (tertiary/aromatic N) is 1. The molecule has 0 spiro atoms. The topological polar surface area (TPSA) is 23.8 Å². The number of allylic oxidation sites excluding steroid dienone is 2. The Labute approximate surface area is 123 Å². The molecule has 20 heavy (non-hydrogen) atoms. The van der Waals surface area contributed by atoms with Gasteiger partial charge in [-0.05, 0) is 86.9 Å². The van der Waals surface area contributed by atoms with Crippen molar-refractivity contribution in [2.45, 2.75) is 64.7 Å². The van der Waals surface area contributed by atoms with Gasteiger partial charge in [0.2, 0.25) is 0 Å². The van der Waals surface area contributed by atoms with Gasteiger partial charge >= 0.3 is 0 Å². The Bertz CT molecular complexity index is 471. The average molecular weight is 269 g/mol. The summed E-state index contributed by atoms with van der Waals surface area (Å²) in [7, 11) is 0. The highest BCUT2D eigenvalue weighted by Gasteiger charge is 2.56. The quantitative estimate of drug-likeness (QED) is 0.562. The maximum atomic E-state index is 9.49. The van der Waals surface area contributed by atoms with E-state index < -0.39 is 0 Å². The van der Waals surface area contributed by atoms with Crippen molar-refractivity contribution < 1.29 is 0 Å². The predicted octanol–water partition coefficient (Wildman–Crippen LogP) is 5.09. The van der Waals surface area contributed by atoms with E-state index in [-0.39, 0.29) is 0 Å². The third-order valence-electron chi connectivity index (χ3n) is 7.53. The van der Waals surface area contributed by atoms with E-state index in [0.29, 0.717) is 11.3 Å². The molecule has 3 saturated carbocycles. The van der Waals surface area contributed by atoms with Crippen LogP contribution in [-0.2, 0) is 0 Å². The van der Waals surface area contributed by atoms with Crippen molar-refractivity contribution in [1.82, 2.24) is 0 Å². The first kappa shape index (κ1) is 12.9. The van der Waals surface area contributed by atoms with Crippen LogP contribution in [0.15, 0.2) is 11.6 Å². The van der Waals surface area contributed by atoms with E-state index in [9.17, 15) is 5.26 Å². The summed E-state index contributed by atoms with van der Waals surface area (Å²) < 4.78 is 0. The highest BCUT2D eigenvalue weighted by molar-refractivity contribution is 5.19. The van der Waals surface area contributed by atoms with Gasteiger partial charge in [-0.1, -0.05) is 18.6 Å². The van der Waals surface area contributed by atoms with Crippen molar-refractivity contribution >= 4 is 0 Å². The summed E-state index contributed by atoms with van der Waals surface area (Å²) in [6.07, 6.45) is 14.8. The highest BCUT2D eigenvalue weighted by atomic mass is 14.6. The van der Waals surface area contributed by atoms with Gasteiger partial charge in [0.25, 0.3) is 0 Å². The molecule has 0 bridgehead atoms. The Hall–Kier alpha value is -0.770. The van der Waals surface area contributed by atoms with Gasteiger partial charge in [0.1, 0.15) is 0 Å². The van der Waals surface area contributed by atoms with Crippen molar-refractivity contribution in [3.05, 3.63) is 11.6 Å². The number of rotatable bonds is 0. The van der Waals surface area contributed by atoms with Crippen LogP contribution in [0.4, 0.5) is 0 Å². The van der Waals surface area contributed by atoms with Gasteiger partial charge in [-0.3, -0.25) is 0 Å². The molecule has 0 amide bonds. The average Bonchev–Trinajstić information content (AvgIpc) is 2.83. The van der Waals surface area contributed by atoms with E-state index in [1.807, 2.05) is 5.57 Å². The fraction of sp³-hybridized carbons (Fsp3) is 0.842. The molecule has 0 aromatic heterocycles. The van der Waals surface area contributed by atoms with Crippen LogP contribution in [0.2, 0.25) is 0 Å². The summed E-state index contributed by atoms with van der Waals surface area (Å²) in [4.78, 5) is 0. The van der Waals surface area contributed by atoms with Gasteiger partial charge in [0, 0.05) is 0 Å². The second-order valence-corrected chi connectivity index (χ2v) is 8.09. The monoisotopic (exact) mass is 269 g/mol. The van der Waals surface area contributed by atoms with Crippen LogP contribution in [0.1, 0.15) is 64.7 Å². The fourth-order valence-corrected chi connectivity index (χ4v) is 6.52. The maximum Gasteiger partial charge on any atom is 0.0661 e. The van der Waals surface area contributed by atoms with Gasteiger partial charge in [-0.15, -0.1) is 0 Å². The standard InChI is InChI=1S/C19H27N/c1-19-11-10-16-15-5-3-2-4-13(15)6-8-17(16)18(19)9-7-14(19)12-20/h4,14-18H,2-3,5-11H2,1H3/t14-,15-,16-,17-,18+,19-/m1/s1. The lowest BCUT2D eigenvalue weighted by molar-refractivity contribution is -0.0123. The first-order chi connectivity index (χ1) is 9.74. The minimum atomic E-state index is 0.344. The van der Waals surface area contributed by atoms with E-state index >= 15 is 0 Å². The van der Waals surface area contributed by atoms with Gasteiger partial charge in [0.05, 0.1) is 12.0 Å². The normalized spacial score (nSPS) is 50.4. The van der Waals surface area contributed by atoms with Gasteiger partial charge < -0.3 is 0 Å². The van der Waals surface area contributed by atoms with Crippen LogP contribution >= 0.6 is 0 Å². The minimum absolute atomic E-state index is 0.344. The summed E-state index contributed by atoms with van der Waals surface area (Å²) in [6, 6.07) is 2.64. The van der Waals surface area contributed by atoms with Gasteiger partial charge in [0.15, 0.2) is 0 Å². The molecule has 0 heterocycles. The summed E-state index contributed by atoms with van der Waals surface area (Å²) in [5.41, 5.74) is 2.17. The molecular formula is C19H27N. The molecule has 0 saturated heterocycles. The van der Waals surface area contributed by atoms with E-state index in [1.165, 1.54) is 57.8 Å². The zero-order chi connectivity index (χ0) is 13.7. The Balaban J connectivity index is 1.63. The molecule has 0 N–H and O–H groups in total. The largest absolute Gasteiger partial charge is 0.198 e. The van der Waals surface area contributed by atoms with Gasteiger partial charge in [-0.2, -0.15) is 5.26 Å². The molecule has 1 heteroatoms. The van der Waals surface area contributed by atoms with Crippen molar-refractivity contribution in [3.63, 3.8) is 0 Å². The number of hydrogen-bond acceptors (Lipinski definition) is 1. The molecule has 108 valence electrons. The maximum absolute atomic E-state index is 9.49. The molecule has 0 aromatic rings. The van der Waals surface area contributed by atoms with E-state index in [0.717, 1.165) is 23.7 Å². The van der Waals surface area contributed by atoms with E-state index in [2.05, 4.69) is 19.1 Å². The summed E-state index contributed by atoms with van der Waals surface area (Å²) in [5.74, 6) is 4.03. The fourth-order valence-electron chi connectivity index (χ4n) is 6.52. The van der Waals surface area contributed by atoms with Crippen LogP contribution in [0.25, 0.3) is 0 Å². The van der Waals surface area contributed by atoms with E-state index in [1.54, 1.807) is 0 Å². The van der Waals surface area contributed by atoms with Crippen molar-refractivity contribution in [3.8, 4) is 6.07 Å². The summed E-state index contributed by atoms with van der Waals surface area (Å²) >= 11 is 0. The van der Waals surface area contributed by atoms with Crippen LogP contribution in [-0.4, -0.2) is 0 Å². The molecule has 0 unspecified atom stereocenters. The first-order valence-corrected chi connectivity index (χ1v) is 8.82. The Morgan fingerprint density at radius 1 is 1.15 bits per heavy atom. The smallest absolute Gasteiger partial charge is 0.0661 e. The highest BCUT2D eigenvalue weighted by Crippen LogP contribution is 2.63. The minimum Gasteiger partial charge on any atom is -0.198 e. The lowest BCUT2D eigenvalue weighted by Crippen LogP contribution is -2.45. The zero-order valence-corrected chi connectivity index (χ0v) is 12.8. The molecule has 4 aliphatic rings. The number of hydrogen-bond donors (Lipinski definition) is 0. The SMILES string of the molecule is C[C@]12CC[C@H]3[C@@H](CCC4=CCCC[C@H]43)[C@@H]1CC[C@@H]2C#N. The third kappa shape index (κ3) is 1.66. The van der Waals surface area contributed by atoms with Crippen LogP contribution in [0, 0.1) is 46.3 Å². The lowest BCUT2D eigenvalue weighted by Gasteiger charge is -2.53. The molecular weight excluding hydrogens is 242 g/mol. The second kappa shape index (κ2) is 4.62. The molecule has 0 aromatic carbocycles. The van der Waals surface area contributed by atoms with Gasteiger partial charge in [-0.25, -0.2) is 0 Å². The Morgan fingerprint density at radius 2 is 2.05 bits per heavy atom. The third-order valence-corrected chi connectivity index (χ3v) is 7.53. The number of nitriles is 1. The predicted molar refractivity (Wildman–Crippen MR) is 80.8 cm³/mol. The van der Waals surface area contributed by atoms with Crippen LogP contribution < -0.4 is 0 Å². The lowest BCUT2D eigenvalue weighted by atomic mass is 9.51. The van der Waals surface area contributed by atoms with Crippen LogP contribution in [0.5, 0.6) is 0 Å². The first-order valence-electron chi connectivity index (χ1n) is 8.82. The molecule has 1 nitrogen and oxygen atoms in total. The summed E-state index contributed by atoms with van der Waals surface area (Å²) in [6.45, 7) is 2.45. The molecule has 4 rings (SSSR count). The summed E-state index contributed by atoms with van der Waals surface area (Å²) in [5, 5.41) is 9.49. The van der Waals surface area contributed by atoms with E-state index in [4.69, 9.17) is 0 Å². The Morgan fingerprint density at radius 3 is 2.90 bits per heavy atom. The molecule has 0 aliphatic heterocycles. The molecule has 6 atom stereocenters. The van der Waals surface area contributed by atoms with Crippen molar-refractivity contribution in [2.75, 3.05) is 0 Å². The van der Waals surface area contributed by atoms with Crippen molar-refractivity contribution in [2.24, 2.45) is 35.0 Å². The number of fused-ring (bicyclic) bond motifs is 5. The molecule has 3 fully saturated rings. The van der Waals surface area contributed by atoms with Crippen molar-refractivity contribution in [1.29, 1.82) is 5.26 Å². The van der Waals surface area contributed by atoms with Crippen LogP contribution in [0.3, 0.4) is 0 Å². The molecule has 0 radical (unpaired) electrons.